The largest absolute Gasteiger partial charge is 0.507 e. The van der Waals surface area contributed by atoms with Crippen LogP contribution in [0, 0.1) is 0 Å². The van der Waals surface area contributed by atoms with Gasteiger partial charge in [0.05, 0.1) is 11.3 Å². The number of carbonyl (C=O) groups excluding carboxylic acids is 1. The standard InChI is InChI=1S/C19H22BrNO5S/c1-19(2,3)12-7-11(17(23)14(8-12)18(24)21-4)10-27(25,26)16-9-13(20)5-6-15(16)22/h5-9,22-23H,10H2,1-4H3,(H,21,24). The minimum Gasteiger partial charge on any atom is -0.507 e. The van der Waals surface area contributed by atoms with E-state index in [2.05, 4.69) is 21.2 Å². The van der Waals surface area contributed by atoms with Crippen LogP contribution in [-0.2, 0) is 21.0 Å². The van der Waals surface area contributed by atoms with Crippen molar-refractivity contribution in [3.05, 3.63) is 51.5 Å². The highest BCUT2D eigenvalue weighted by Gasteiger charge is 2.26. The number of sulfone groups is 1. The molecule has 0 heterocycles. The van der Waals surface area contributed by atoms with Gasteiger partial charge in [-0.15, -0.1) is 0 Å². The third-order valence-corrected chi connectivity index (χ3v) is 6.31. The van der Waals surface area contributed by atoms with Gasteiger partial charge in [-0.1, -0.05) is 42.8 Å². The summed E-state index contributed by atoms with van der Waals surface area (Å²) in [6, 6.07) is 7.23. The van der Waals surface area contributed by atoms with Gasteiger partial charge < -0.3 is 15.5 Å². The normalized spacial score (nSPS) is 12.0. The first-order valence-electron chi connectivity index (χ1n) is 8.16. The van der Waals surface area contributed by atoms with E-state index in [0.29, 0.717) is 10.0 Å². The molecule has 0 saturated carbocycles. The topological polar surface area (TPSA) is 104 Å². The van der Waals surface area contributed by atoms with E-state index in [-0.39, 0.29) is 32.9 Å². The van der Waals surface area contributed by atoms with E-state index in [9.17, 15) is 23.4 Å². The molecule has 0 aliphatic rings. The molecule has 3 N–H and O–H groups in total. The molecule has 2 rings (SSSR count). The maximum atomic E-state index is 12.8. The Kier molecular flexibility index (Phi) is 5.91. The smallest absolute Gasteiger partial charge is 0.254 e. The number of phenolic OH excluding ortho intramolecular Hbond substituents is 2. The van der Waals surface area contributed by atoms with Crippen LogP contribution in [0.15, 0.2) is 39.7 Å². The summed E-state index contributed by atoms with van der Waals surface area (Å²) in [6.45, 7) is 5.77. The molecule has 0 aliphatic carbocycles. The molecule has 0 bridgehead atoms. The molecule has 1 amide bonds. The Balaban J connectivity index is 2.64. The van der Waals surface area contributed by atoms with Crippen molar-refractivity contribution in [1.82, 2.24) is 5.32 Å². The fraction of sp³-hybridized carbons (Fsp3) is 0.316. The van der Waals surface area contributed by atoms with E-state index in [0.717, 1.165) is 0 Å². The number of carbonyl (C=O) groups is 1. The van der Waals surface area contributed by atoms with Crippen molar-refractivity contribution in [1.29, 1.82) is 0 Å². The van der Waals surface area contributed by atoms with Crippen LogP contribution >= 0.6 is 15.9 Å². The van der Waals surface area contributed by atoms with Gasteiger partial charge in [0.15, 0.2) is 9.84 Å². The summed E-state index contributed by atoms with van der Waals surface area (Å²) in [7, 11) is -2.54. The monoisotopic (exact) mass is 455 g/mol. The summed E-state index contributed by atoms with van der Waals surface area (Å²) >= 11 is 3.19. The van der Waals surface area contributed by atoms with E-state index >= 15 is 0 Å². The second kappa shape index (κ2) is 7.52. The van der Waals surface area contributed by atoms with Crippen molar-refractivity contribution < 1.29 is 23.4 Å². The molecule has 2 aromatic rings. The molecule has 0 fully saturated rings. The second-order valence-corrected chi connectivity index (χ2v) is 10.1. The highest BCUT2D eigenvalue weighted by Crippen LogP contribution is 2.35. The van der Waals surface area contributed by atoms with Crippen molar-refractivity contribution in [3.8, 4) is 11.5 Å². The van der Waals surface area contributed by atoms with Crippen molar-refractivity contribution in [2.45, 2.75) is 36.8 Å². The lowest BCUT2D eigenvalue weighted by Crippen LogP contribution is -2.21. The maximum Gasteiger partial charge on any atom is 0.254 e. The predicted molar refractivity (Wildman–Crippen MR) is 107 cm³/mol. The minimum absolute atomic E-state index is 0.00795. The molecular weight excluding hydrogens is 434 g/mol. The van der Waals surface area contributed by atoms with Crippen molar-refractivity contribution in [2.24, 2.45) is 0 Å². The Labute approximate surface area is 167 Å². The fourth-order valence-corrected chi connectivity index (χ4v) is 4.56. The number of rotatable bonds is 4. The van der Waals surface area contributed by atoms with E-state index in [4.69, 9.17) is 0 Å². The Morgan fingerprint density at radius 2 is 1.78 bits per heavy atom. The summed E-state index contributed by atoms with van der Waals surface area (Å²) in [5.74, 6) is -1.84. The number of aromatic hydroxyl groups is 2. The zero-order valence-electron chi connectivity index (χ0n) is 15.5. The molecule has 27 heavy (non-hydrogen) atoms. The predicted octanol–water partition coefficient (Wildman–Crippen LogP) is 3.49. The van der Waals surface area contributed by atoms with E-state index < -0.39 is 21.5 Å². The van der Waals surface area contributed by atoms with Crippen LogP contribution in [0.2, 0.25) is 0 Å². The summed E-state index contributed by atoms with van der Waals surface area (Å²) in [5, 5.41) is 22.9. The molecule has 146 valence electrons. The summed E-state index contributed by atoms with van der Waals surface area (Å²) < 4.78 is 26.2. The number of hydrogen-bond acceptors (Lipinski definition) is 5. The lowest BCUT2D eigenvalue weighted by atomic mass is 9.84. The molecule has 0 saturated heterocycles. The lowest BCUT2D eigenvalue weighted by Gasteiger charge is -2.22. The van der Waals surface area contributed by atoms with Gasteiger partial charge in [0.2, 0.25) is 0 Å². The highest BCUT2D eigenvalue weighted by molar-refractivity contribution is 9.10. The van der Waals surface area contributed by atoms with Gasteiger partial charge in [0, 0.05) is 17.1 Å². The van der Waals surface area contributed by atoms with Crippen LogP contribution in [0.1, 0.15) is 42.3 Å². The number of benzene rings is 2. The SMILES string of the molecule is CNC(=O)c1cc(C(C)(C)C)cc(CS(=O)(=O)c2cc(Br)ccc2O)c1O. The second-order valence-electron chi connectivity index (χ2n) is 7.23. The highest BCUT2D eigenvalue weighted by atomic mass is 79.9. The first-order chi connectivity index (χ1) is 12.4. The molecule has 0 unspecified atom stereocenters. The first kappa shape index (κ1) is 21.2. The number of halogens is 1. The lowest BCUT2D eigenvalue weighted by molar-refractivity contribution is 0.0960. The average Bonchev–Trinajstić information content (AvgIpc) is 2.56. The van der Waals surface area contributed by atoms with Crippen LogP contribution in [-0.4, -0.2) is 31.6 Å². The quantitative estimate of drug-likeness (QED) is 0.654. The third-order valence-electron chi connectivity index (χ3n) is 4.13. The van der Waals surface area contributed by atoms with Crippen molar-refractivity contribution >= 4 is 31.7 Å². The molecular formula is C19H22BrNO5S. The number of nitrogens with one attached hydrogen (secondary N) is 1. The van der Waals surface area contributed by atoms with Gasteiger partial charge in [-0.05, 0) is 35.2 Å². The summed E-state index contributed by atoms with van der Waals surface area (Å²) in [6.07, 6.45) is 0. The van der Waals surface area contributed by atoms with Crippen LogP contribution in [0.5, 0.6) is 11.5 Å². The van der Waals surface area contributed by atoms with Gasteiger partial charge in [0.1, 0.15) is 16.4 Å². The van der Waals surface area contributed by atoms with Crippen LogP contribution in [0.4, 0.5) is 0 Å². The van der Waals surface area contributed by atoms with Gasteiger partial charge in [-0.2, -0.15) is 0 Å². The van der Waals surface area contributed by atoms with Gasteiger partial charge >= 0.3 is 0 Å². The van der Waals surface area contributed by atoms with Gasteiger partial charge in [-0.25, -0.2) is 8.42 Å². The molecule has 2 aromatic carbocycles. The molecule has 0 aromatic heterocycles. The van der Waals surface area contributed by atoms with Crippen LogP contribution < -0.4 is 5.32 Å². The van der Waals surface area contributed by atoms with E-state index in [1.54, 1.807) is 12.1 Å². The molecule has 0 aliphatic heterocycles. The number of hydrogen-bond donors (Lipinski definition) is 3. The van der Waals surface area contributed by atoms with Crippen LogP contribution in [0.3, 0.4) is 0 Å². The Morgan fingerprint density at radius 3 is 2.33 bits per heavy atom. The zero-order valence-corrected chi connectivity index (χ0v) is 17.9. The first-order valence-corrected chi connectivity index (χ1v) is 10.6. The third kappa shape index (κ3) is 4.62. The molecule has 0 radical (unpaired) electrons. The van der Waals surface area contributed by atoms with E-state index in [1.807, 2.05) is 20.8 Å². The zero-order chi connectivity index (χ0) is 20.6. The molecule has 0 spiro atoms. The van der Waals surface area contributed by atoms with Gasteiger partial charge in [0.25, 0.3) is 5.91 Å². The number of amides is 1. The van der Waals surface area contributed by atoms with Gasteiger partial charge in [-0.3, -0.25) is 4.79 Å². The average molecular weight is 456 g/mol. The summed E-state index contributed by atoms with van der Waals surface area (Å²) in [5.41, 5.74) is 0.448. The fourth-order valence-electron chi connectivity index (χ4n) is 2.56. The Bertz CT molecular complexity index is 994. The van der Waals surface area contributed by atoms with Crippen molar-refractivity contribution in [2.75, 3.05) is 7.05 Å². The van der Waals surface area contributed by atoms with Crippen molar-refractivity contribution in [3.63, 3.8) is 0 Å². The molecule has 6 nitrogen and oxygen atoms in total. The molecule has 0 atom stereocenters. The van der Waals surface area contributed by atoms with Crippen LogP contribution in [0.25, 0.3) is 0 Å². The Hall–Kier alpha value is -2.06. The molecule has 8 heteroatoms. The number of phenols is 2. The maximum absolute atomic E-state index is 12.8. The minimum atomic E-state index is -3.97. The Morgan fingerprint density at radius 1 is 1.15 bits per heavy atom. The summed E-state index contributed by atoms with van der Waals surface area (Å²) in [4.78, 5) is 11.9. The van der Waals surface area contributed by atoms with E-state index in [1.165, 1.54) is 25.2 Å².